The van der Waals surface area contributed by atoms with Crippen molar-refractivity contribution in [1.29, 1.82) is 0 Å². The first-order chi connectivity index (χ1) is 7.49. The monoisotopic (exact) mass is 375 g/mol. The van der Waals surface area contributed by atoms with Crippen molar-refractivity contribution in [2.75, 3.05) is 12.5 Å². The van der Waals surface area contributed by atoms with Crippen LogP contribution in [0.15, 0.2) is 15.0 Å². The van der Waals surface area contributed by atoms with Gasteiger partial charge in [0.15, 0.2) is 5.75 Å². The van der Waals surface area contributed by atoms with E-state index in [2.05, 4.69) is 31.9 Å². The second-order valence-electron chi connectivity index (χ2n) is 2.63. The van der Waals surface area contributed by atoms with E-state index in [0.717, 1.165) is 6.07 Å². The smallest absolute Gasteiger partial charge is 0.322 e. The van der Waals surface area contributed by atoms with Gasteiger partial charge in [0.1, 0.15) is 11.1 Å². The van der Waals surface area contributed by atoms with Gasteiger partial charge in [-0.1, -0.05) is 0 Å². The predicted molar refractivity (Wildman–Crippen MR) is 64.7 cm³/mol. The average Bonchev–Trinajstić information content (AvgIpc) is 2.16. The molecule has 1 aromatic carbocycles. The topological polar surface area (TPSA) is 52.4 Å². The fourth-order valence-corrected chi connectivity index (χ4v) is 2.52. The maximum absolute atomic E-state index is 13.3. The van der Waals surface area contributed by atoms with Gasteiger partial charge in [0, 0.05) is 0 Å². The largest absolute Gasteiger partial charge is 0.490 e. The lowest BCUT2D eigenvalue weighted by Crippen LogP contribution is -2.02. The Labute approximate surface area is 112 Å². The van der Waals surface area contributed by atoms with E-state index >= 15 is 0 Å². The maximum atomic E-state index is 13.3. The minimum atomic E-state index is -0.943. The zero-order valence-corrected chi connectivity index (χ0v) is 11.6. The molecule has 0 amide bonds. The highest BCUT2D eigenvalue weighted by molar-refractivity contribution is 9.11. The van der Waals surface area contributed by atoms with E-state index in [1.165, 1.54) is 0 Å². The molecule has 0 radical (unpaired) electrons. The van der Waals surface area contributed by atoms with Crippen molar-refractivity contribution in [2.24, 2.45) is 0 Å². The van der Waals surface area contributed by atoms with Crippen molar-refractivity contribution in [3.8, 4) is 5.75 Å². The number of nitro benzene ring substituents is 1. The van der Waals surface area contributed by atoms with Gasteiger partial charge in [0.25, 0.3) is 0 Å². The van der Waals surface area contributed by atoms with Crippen LogP contribution in [0.1, 0.15) is 0 Å². The first kappa shape index (κ1) is 13.7. The second-order valence-corrected chi connectivity index (χ2v) is 4.65. The number of benzene rings is 1. The molecule has 8 heteroatoms. The molecule has 0 unspecified atom stereocenters. The van der Waals surface area contributed by atoms with E-state index < -0.39 is 16.4 Å². The summed E-state index contributed by atoms with van der Waals surface area (Å²) in [7, 11) is 0. The lowest BCUT2D eigenvalue weighted by atomic mass is 10.3. The fourth-order valence-electron chi connectivity index (χ4n) is 1.00. The summed E-state index contributed by atoms with van der Waals surface area (Å²) in [6.07, 6.45) is 0. The van der Waals surface area contributed by atoms with Crippen molar-refractivity contribution >= 4 is 49.1 Å². The first-order valence-corrected chi connectivity index (χ1v) is 6.11. The molecule has 1 rings (SSSR count). The Hall–Kier alpha value is -0.400. The highest BCUT2D eigenvalue weighted by Crippen LogP contribution is 2.41. The third kappa shape index (κ3) is 2.83. The number of halogens is 4. The van der Waals surface area contributed by atoms with Crippen LogP contribution >= 0.6 is 43.5 Å². The summed E-state index contributed by atoms with van der Waals surface area (Å²) >= 11 is 11.4. The van der Waals surface area contributed by atoms with Gasteiger partial charge in [-0.2, -0.15) is 4.39 Å². The molecule has 4 nitrogen and oxygen atoms in total. The summed E-state index contributed by atoms with van der Waals surface area (Å²) in [6.45, 7) is 0.168. The molecule has 0 aliphatic heterocycles. The van der Waals surface area contributed by atoms with Gasteiger partial charge in [0.05, 0.1) is 15.3 Å². The number of ether oxygens (including phenoxy) is 1. The van der Waals surface area contributed by atoms with Crippen LogP contribution in [0, 0.1) is 15.9 Å². The van der Waals surface area contributed by atoms with Gasteiger partial charge >= 0.3 is 5.69 Å². The van der Waals surface area contributed by atoms with Crippen LogP contribution in [0.25, 0.3) is 0 Å². The minimum Gasteiger partial charge on any atom is -0.490 e. The molecule has 0 heterocycles. The van der Waals surface area contributed by atoms with E-state index in [-0.39, 0.29) is 27.2 Å². The summed E-state index contributed by atoms with van der Waals surface area (Å²) in [5, 5.41) is 10.6. The van der Waals surface area contributed by atoms with Gasteiger partial charge in [0.2, 0.25) is 5.82 Å². The Morgan fingerprint density at radius 1 is 1.56 bits per heavy atom. The highest BCUT2D eigenvalue weighted by atomic mass is 79.9. The van der Waals surface area contributed by atoms with Crippen molar-refractivity contribution in [2.45, 2.75) is 0 Å². The molecule has 1 aromatic rings. The minimum absolute atomic E-state index is 0.0468. The number of rotatable bonds is 4. The van der Waals surface area contributed by atoms with E-state index in [1.807, 2.05) is 0 Å². The molecule has 0 aliphatic carbocycles. The molecule has 0 spiro atoms. The Morgan fingerprint density at radius 3 is 2.69 bits per heavy atom. The van der Waals surface area contributed by atoms with Crippen molar-refractivity contribution < 1.29 is 14.1 Å². The van der Waals surface area contributed by atoms with Gasteiger partial charge in [-0.05, 0) is 37.9 Å². The van der Waals surface area contributed by atoms with Crippen LogP contribution in [0.4, 0.5) is 10.1 Å². The number of hydrogen-bond acceptors (Lipinski definition) is 3. The van der Waals surface area contributed by atoms with Gasteiger partial charge in [-0.15, -0.1) is 11.6 Å². The second kappa shape index (κ2) is 5.79. The van der Waals surface area contributed by atoms with Crippen LogP contribution in [0.2, 0.25) is 0 Å². The van der Waals surface area contributed by atoms with Crippen molar-refractivity contribution in [3.05, 3.63) is 30.9 Å². The van der Waals surface area contributed by atoms with Gasteiger partial charge in [-0.3, -0.25) is 10.1 Å². The van der Waals surface area contributed by atoms with Crippen LogP contribution in [0.3, 0.4) is 0 Å². The molecule has 0 N–H and O–H groups in total. The van der Waals surface area contributed by atoms with Gasteiger partial charge in [-0.25, -0.2) is 0 Å². The van der Waals surface area contributed by atoms with Crippen LogP contribution in [-0.2, 0) is 0 Å². The standard InChI is InChI=1S/C8H5Br2ClFNO3/c9-4-3-5(12)7(13(14)15)6(10)8(4)16-2-1-11/h3H,1-2H2. The normalized spacial score (nSPS) is 10.2. The molecule has 0 bridgehead atoms. The number of alkyl halides is 1. The van der Waals surface area contributed by atoms with Crippen LogP contribution < -0.4 is 4.74 Å². The van der Waals surface area contributed by atoms with Crippen LogP contribution in [-0.4, -0.2) is 17.4 Å². The zero-order chi connectivity index (χ0) is 12.3. The Morgan fingerprint density at radius 2 is 2.19 bits per heavy atom. The molecular weight excluding hydrogens is 372 g/mol. The molecule has 0 aromatic heterocycles. The highest BCUT2D eigenvalue weighted by Gasteiger charge is 2.25. The van der Waals surface area contributed by atoms with Crippen molar-refractivity contribution in [3.63, 3.8) is 0 Å². The summed E-state index contributed by atoms with van der Waals surface area (Å²) in [4.78, 5) is 9.80. The molecule has 0 saturated heterocycles. The third-order valence-corrected chi connectivity index (χ3v) is 3.09. The lowest BCUT2D eigenvalue weighted by molar-refractivity contribution is -0.388. The molecular formula is C8H5Br2ClFNO3. The molecule has 88 valence electrons. The zero-order valence-electron chi connectivity index (χ0n) is 7.68. The summed E-state index contributed by atoms with van der Waals surface area (Å²) in [5.41, 5.74) is -0.659. The number of hydrogen-bond donors (Lipinski definition) is 0. The quantitative estimate of drug-likeness (QED) is 0.455. The Kier molecular flexibility index (Phi) is 4.94. The SMILES string of the molecule is O=[N+]([O-])c1c(F)cc(Br)c(OCCCl)c1Br. The van der Waals surface area contributed by atoms with E-state index in [1.54, 1.807) is 0 Å². The number of nitrogens with zero attached hydrogens (tertiary/aromatic N) is 1. The molecule has 0 aliphatic rings. The third-order valence-electron chi connectivity index (χ3n) is 1.61. The first-order valence-electron chi connectivity index (χ1n) is 3.99. The maximum Gasteiger partial charge on any atom is 0.322 e. The fraction of sp³-hybridized carbons (Fsp3) is 0.250. The Balaban J connectivity index is 3.27. The van der Waals surface area contributed by atoms with E-state index in [9.17, 15) is 14.5 Å². The summed E-state index contributed by atoms with van der Waals surface area (Å²) in [6, 6.07) is 0.979. The summed E-state index contributed by atoms with van der Waals surface area (Å²) < 4.78 is 18.7. The Bertz CT molecular complexity index is 430. The molecule has 16 heavy (non-hydrogen) atoms. The molecule has 0 atom stereocenters. The predicted octanol–water partition coefficient (Wildman–Crippen LogP) is 3.88. The lowest BCUT2D eigenvalue weighted by Gasteiger charge is -2.09. The van der Waals surface area contributed by atoms with Gasteiger partial charge < -0.3 is 4.74 Å². The molecule has 0 saturated carbocycles. The van der Waals surface area contributed by atoms with Crippen molar-refractivity contribution in [1.82, 2.24) is 0 Å². The average molecular weight is 377 g/mol. The summed E-state index contributed by atoms with van der Waals surface area (Å²) in [5.74, 6) is -0.555. The van der Waals surface area contributed by atoms with E-state index in [0.29, 0.717) is 0 Å². The number of nitro groups is 1. The molecule has 0 fully saturated rings. The van der Waals surface area contributed by atoms with E-state index in [4.69, 9.17) is 16.3 Å². The van der Waals surface area contributed by atoms with Crippen LogP contribution in [0.5, 0.6) is 5.75 Å².